The summed E-state index contributed by atoms with van der Waals surface area (Å²) in [5.41, 5.74) is 9.79. The third-order valence-electron chi connectivity index (χ3n) is 5.07. The molecule has 0 spiro atoms. The number of halogens is 2. The minimum atomic E-state index is -0.417. The van der Waals surface area contributed by atoms with E-state index in [1.54, 1.807) is 6.07 Å². The fourth-order valence-corrected chi connectivity index (χ4v) is 3.72. The van der Waals surface area contributed by atoms with Crippen molar-refractivity contribution < 1.29 is 8.78 Å². The van der Waals surface area contributed by atoms with Crippen molar-refractivity contribution >= 4 is 5.82 Å². The predicted molar refractivity (Wildman–Crippen MR) is 101 cm³/mol. The molecule has 0 amide bonds. The van der Waals surface area contributed by atoms with Gasteiger partial charge in [0.25, 0.3) is 0 Å². The second-order valence-corrected chi connectivity index (χ2v) is 7.00. The molecule has 0 saturated heterocycles. The molecule has 2 N–H and O–H groups in total. The Labute approximate surface area is 156 Å². The fourth-order valence-electron chi connectivity index (χ4n) is 3.72. The number of aromatic nitrogens is 2. The standard InChI is InChI=1S/C21H20F2N4/c1-27-9-8-17(18-11-15(22)3-5-19(18)23)16-4-2-13(10-14(16)12-27)20-6-7-21(24)26-25-20/h2-7,10-11,17H,8-9,12H2,1H3,(H2,24,26). The molecule has 27 heavy (non-hydrogen) atoms. The van der Waals surface area contributed by atoms with Gasteiger partial charge < -0.3 is 10.6 Å². The van der Waals surface area contributed by atoms with Gasteiger partial charge in [0.15, 0.2) is 0 Å². The molecule has 1 atom stereocenters. The number of nitrogen functional groups attached to an aromatic ring is 1. The topological polar surface area (TPSA) is 55.0 Å². The van der Waals surface area contributed by atoms with E-state index in [9.17, 15) is 8.78 Å². The van der Waals surface area contributed by atoms with E-state index in [1.165, 1.54) is 12.1 Å². The Morgan fingerprint density at radius 3 is 2.63 bits per heavy atom. The molecule has 0 radical (unpaired) electrons. The molecule has 1 aromatic heterocycles. The van der Waals surface area contributed by atoms with Crippen LogP contribution in [0.4, 0.5) is 14.6 Å². The SMILES string of the molecule is CN1CCC(c2cc(F)ccc2F)c2ccc(-c3ccc(N)nn3)cc2C1. The average molecular weight is 366 g/mol. The molecular weight excluding hydrogens is 346 g/mol. The van der Waals surface area contributed by atoms with Gasteiger partial charge in [-0.1, -0.05) is 12.1 Å². The lowest BCUT2D eigenvalue weighted by atomic mass is 9.85. The van der Waals surface area contributed by atoms with E-state index >= 15 is 0 Å². The van der Waals surface area contributed by atoms with Crippen molar-refractivity contribution in [3.8, 4) is 11.3 Å². The summed E-state index contributed by atoms with van der Waals surface area (Å²) in [4.78, 5) is 2.19. The van der Waals surface area contributed by atoms with E-state index in [1.807, 2.05) is 25.2 Å². The molecule has 1 unspecified atom stereocenters. The molecule has 3 aromatic rings. The number of anilines is 1. The maximum Gasteiger partial charge on any atom is 0.146 e. The predicted octanol–water partition coefficient (Wildman–Crippen LogP) is 3.97. The van der Waals surface area contributed by atoms with Crippen LogP contribution in [0.25, 0.3) is 11.3 Å². The summed E-state index contributed by atoms with van der Waals surface area (Å²) in [5.74, 6) is -0.605. The van der Waals surface area contributed by atoms with Crippen molar-refractivity contribution in [1.29, 1.82) is 0 Å². The van der Waals surface area contributed by atoms with Crippen LogP contribution in [0.3, 0.4) is 0 Å². The normalized spacial score (nSPS) is 17.4. The van der Waals surface area contributed by atoms with Crippen LogP contribution in [0.5, 0.6) is 0 Å². The third-order valence-corrected chi connectivity index (χ3v) is 5.07. The van der Waals surface area contributed by atoms with Gasteiger partial charge in [0, 0.05) is 18.0 Å². The van der Waals surface area contributed by atoms with Crippen LogP contribution in [0.1, 0.15) is 29.0 Å². The molecule has 4 nitrogen and oxygen atoms in total. The summed E-state index contributed by atoms with van der Waals surface area (Å²) in [6.07, 6.45) is 0.727. The summed E-state index contributed by atoms with van der Waals surface area (Å²) in [7, 11) is 2.03. The lowest BCUT2D eigenvalue weighted by Crippen LogP contribution is -2.17. The first kappa shape index (κ1) is 17.5. The molecular formula is C21H20F2N4. The first-order chi connectivity index (χ1) is 13.0. The summed E-state index contributed by atoms with van der Waals surface area (Å²) >= 11 is 0. The third kappa shape index (κ3) is 3.53. The molecule has 0 saturated carbocycles. The molecule has 138 valence electrons. The molecule has 0 fully saturated rings. The quantitative estimate of drug-likeness (QED) is 0.746. The van der Waals surface area contributed by atoms with Crippen molar-refractivity contribution in [2.45, 2.75) is 18.9 Å². The number of hydrogen-bond acceptors (Lipinski definition) is 4. The molecule has 1 aliphatic heterocycles. The number of benzene rings is 2. The van der Waals surface area contributed by atoms with Crippen molar-refractivity contribution in [2.24, 2.45) is 0 Å². The highest BCUT2D eigenvalue weighted by molar-refractivity contribution is 5.62. The van der Waals surface area contributed by atoms with Gasteiger partial charge in [-0.15, -0.1) is 10.2 Å². The summed E-state index contributed by atoms with van der Waals surface area (Å²) < 4.78 is 28.2. The molecule has 6 heteroatoms. The highest BCUT2D eigenvalue weighted by Crippen LogP contribution is 2.37. The second kappa shape index (κ2) is 7.04. The second-order valence-electron chi connectivity index (χ2n) is 7.00. The zero-order chi connectivity index (χ0) is 19.0. The van der Waals surface area contributed by atoms with Crippen molar-refractivity contribution in [3.63, 3.8) is 0 Å². The Kier molecular flexibility index (Phi) is 4.58. The van der Waals surface area contributed by atoms with E-state index in [-0.39, 0.29) is 11.7 Å². The molecule has 2 aromatic carbocycles. The number of rotatable bonds is 2. The average Bonchev–Trinajstić information content (AvgIpc) is 2.82. The van der Waals surface area contributed by atoms with Crippen LogP contribution in [0.2, 0.25) is 0 Å². The van der Waals surface area contributed by atoms with Gasteiger partial charge in [0.05, 0.1) is 5.69 Å². The molecule has 0 bridgehead atoms. The van der Waals surface area contributed by atoms with Crippen molar-refractivity contribution in [2.75, 3.05) is 19.3 Å². The minimum Gasteiger partial charge on any atom is -0.382 e. The van der Waals surface area contributed by atoms with E-state index in [0.29, 0.717) is 11.4 Å². The Balaban J connectivity index is 1.80. The van der Waals surface area contributed by atoms with Crippen LogP contribution in [0, 0.1) is 11.6 Å². The number of nitrogens with two attached hydrogens (primary N) is 1. The molecule has 0 aliphatic carbocycles. The monoisotopic (exact) mass is 366 g/mol. The Hall–Kier alpha value is -2.86. The molecule has 2 heterocycles. The Bertz CT molecular complexity index is 972. The van der Waals surface area contributed by atoms with E-state index < -0.39 is 5.82 Å². The van der Waals surface area contributed by atoms with Crippen LogP contribution >= 0.6 is 0 Å². The number of nitrogens with zero attached hydrogens (tertiary/aromatic N) is 3. The van der Waals surface area contributed by atoms with E-state index in [0.717, 1.165) is 48.0 Å². The van der Waals surface area contributed by atoms with Crippen LogP contribution < -0.4 is 5.73 Å². The zero-order valence-electron chi connectivity index (χ0n) is 15.0. The fraction of sp³-hybridized carbons (Fsp3) is 0.238. The molecule has 4 rings (SSSR count). The lowest BCUT2D eigenvalue weighted by molar-refractivity contribution is 0.327. The maximum atomic E-state index is 14.4. The minimum absolute atomic E-state index is 0.188. The van der Waals surface area contributed by atoms with E-state index in [4.69, 9.17) is 5.73 Å². The van der Waals surface area contributed by atoms with Gasteiger partial charge in [-0.3, -0.25) is 0 Å². The van der Waals surface area contributed by atoms with Crippen LogP contribution in [-0.4, -0.2) is 28.7 Å². The van der Waals surface area contributed by atoms with Crippen molar-refractivity contribution in [3.05, 3.63) is 76.9 Å². The number of fused-ring (bicyclic) bond motifs is 1. The largest absolute Gasteiger partial charge is 0.382 e. The zero-order valence-corrected chi connectivity index (χ0v) is 15.0. The molecule has 1 aliphatic rings. The summed E-state index contributed by atoms with van der Waals surface area (Å²) in [6.45, 7) is 1.53. The highest BCUT2D eigenvalue weighted by Gasteiger charge is 2.25. The van der Waals surface area contributed by atoms with E-state index in [2.05, 4.69) is 21.2 Å². The first-order valence-corrected chi connectivity index (χ1v) is 8.87. The van der Waals surface area contributed by atoms with Gasteiger partial charge in [-0.2, -0.15) is 0 Å². The van der Waals surface area contributed by atoms with Gasteiger partial charge in [0.1, 0.15) is 17.5 Å². The van der Waals surface area contributed by atoms with Crippen molar-refractivity contribution in [1.82, 2.24) is 15.1 Å². The van der Waals surface area contributed by atoms with Gasteiger partial charge in [-0.25, -0.2) is 8.78 Å². The summed E-state index contributed by atoms with van der Waals surface area (Å²) in [6, 6.07) is 13.2. The van der Waals surface area contributed by atoms with Crippen LogP contribution in [0.15, 0.2) is 48.5 Å². The highest BCUT2D eigenvalue weighted by atomic mass is 19.1. The van der Waals surface area contributed by atoms with Gasteiger partial charge >= 0.3 is 0 Å². The Morgan fingerprint density at radius 1 is 1.00 bits per heavy atom. The van der Waals surface area contributed by atoms with Gasteiger partial charge in [-0.05, 0) is 73.1 Å². The lowest BCUT2D eigenvalue weighted by Gasteiger charge is -2.19. The summed E-state index contributed by atoms with van der Waals surface area (Å²) in [5, 5.41) is 8.06. The van der Waals surface area contributed by atoms with Gasteiger partial charge in [0.2, 0.25) is 0 Å². The number of hydrogen-bond donors (Lipinski definition) is 1. The van der Waals surface area contributed by atoms with Crippen LogP contribution in [-0.2, 0) is 6.54 Å². The first-order valence-electron chi connectivity index (χ1n) is 8.87. The smallest absolute Gasteiger partial charge is 0.146 e. The maximum absolute atomic E-state index is 14.4. The Morgan fingerprint density at radius 2 is 1.85 bits per heavy atom.